The van der Waals surface area contributed by atoms with E-state index in [9.17, 15) is 0 Å². The fourth-order valence-corrected chi connectivity index (χ4v) is 4.83. The molecule has 0 heterocycles. The van der Waals surface area contributed by atoms with E-state index in [4.69, 9.17) is 15.2 Å². The number of hydrogen-bond donors (Lipinski definition) is 1. The Labute approximate surface area is 227 Å². The number of hydrogen-bond acceptors (Lipinski definition) is 4. The van der Waals surface area contributed by atoms with Crippen molar-refractivity contribution in [2.24, 2.45) is 5.73 Å². The van der Waals surface area contributed by atoms with Crippen LogP contribution < -0.4 is 5.73 Å². The van der Waals surface area contributed by atoms with Crippen LogP contribution in [0.15, 0.2) is 0 Å². The quantitative estimate of drug-likeness (QED) is 0.0914. The molecule has 0 spiro atoms. The van der Waals surface area contributed by atoms with Gasteiger partial charge in [-0.05, 0) is 51.6 Å². The third-order valence-electron chi connectivity index (χ3n) is 7.26. The third kappa shape index (κ3) is 30.1. The van der Waals surface area contributed by atoms with Gasteiger partial charge in [-0.1, -0.05) is 117 Å². The first-order valence-electron chi connectivity index (χ1n) is 16.4. The molecule has 0 radical (unpaired) electrons. The summed E-state index contributed by atoms with van der Waals surface area (Å²) in [6.07, 6.45) is 29.4. The standard InChI is InChI=1S/C32H68N2O2/c1-3-5-7-9-10-11-13-17-22-31-36-32-24-20-27-34(28-25-33)26-19-15-12-14-18-23-30-35-29-21-16-8-6-4-2/h3-33H2,1-2H3. The van der Waals surface area contributed by atoms with Gasteiger partial charge in [-0.25, -0.2) is 0 Å². The Hall–Kier alpha value is -0.160. The van der Waals surface area contributed by atoms with Crippen molar-refractivity contribution in [3.8, 4) is 0 Å². The van der Waals surface area contributed by atoms with Crippen LogP contribution >= 0.6 is 0 Å². The van der Waals surface area contributed by atoms with Crippen LogP contribution in [-0.2, 0) is 9.47 Å². The van der Waals surface area contributed by atoms with Crippen molar-refractivity contribution >= 4 is 0 Å². The molecule has 0 saturated heterocycles. The summed E-state index contributed by atoms with van der Waals surface area (Å²) in [6.45, 7) is 12.5. The molecule has 0 aliphatic carbocycles. The fraction of sp³-hybridized carbons (Fsp3) is 1.00. The van der Waals surface area contributed by atoms with Crippen LogP contribution in [0.3, 0.4) is 0 Å². The Balaban J connectivity index is 3.37. The predicted molar refractivity (Wildman–Crippen MR) is 160 cm³/mol. The van der Waals surface area contributed by atoms with Gasteiger partial charge in [0.05, 0.1) is 0 Å². The smallest absolute Gasteiger partial charge is 0.0466 e. The Morgan fingerprint density at radius 3 is 1.08 bits per heavy atom. The van der Waals surface area contributed by atoms with Gasteiger partial charge in [0.25, 0.3) is 0 Å². The summed E-state index contributed by atoms with van der Waals surface area (Å²) in [7, 11) is 0. The van der Waals surface area contributed by atoms with Crippen LogP contribution in [0.1, 0.15) is 155 Å². The first-order chi connectivity index (χ1) is 17.8. The average molecular weight is 513 g/mol. The van der Waals surface area contributed by atoms with Gasteiger partial charge in [-0.2, -0.15) is 0 Å². The topological polar surface area (TPSA) is 47.7 Å². The molecule has 0 amide bonds. The van der Waals surface area contributed by atoms with Crippen LogP contribution in [0.4, 0.5) is 0 Å². The number of nitrogens with zero attached hydrogens (tertiary/aromatic N) is 1. The van der Waals surface area contributed by atoms with E-state index in [2.05, 4.69) is 18.7 Å². The predicted octanol–water partition coefficient (Wildman–Crippen LogP) is 8.90. The summed E-state index contributed by atoms with van der Waals surface area (Å²) >= 11 is 0. The lowest BCUT2D eigenvalue weighted by Crippen LogP contribution is -2.31. The van der Waals surface area contributed by atoms with E-state index >= 15 is 0 Å². The first kappa shape index (κ1) is 35.8. The second-order valence-corrected chi connectivity index (χ2v) is 10.9. The van der Waals surface area contributed by atoms with Crippen molar-refractivity contribution in [3.63, 3.8) is 0 Å². The highest BCUT2D eigenvalue weighted by Gasteiger charge is 2.04. The Kier molecular flexibility index (Phi) is 32.7. The second-order valence-electron chi connectivity index (χ2n) is 10.9. The van der Waals surface area contributed by atoms with Gasteiger partial charge in [0.1, 0.15) is 0 Å². The highest BCUT2D eigenvalue weighted by atomic mass is 16.5. The summed E-state index contributed by atoms with van der Waals surface area (Å²) in [5.74, 6) is 0. The van der Waals surface area contributed by atoms with E-state index in [1.54, 1.807) is 0 Å². The highest BCUT2D eigenvalue weighted by Crippen LogP contribution is 2.10. The van der Waals surface area contributed by atoms with Gasteiger partial charge in [0.2, 0.25) is 0 Å². The van der Waals surface area contributed by atoms with Gasteiger partial charge < -0.3 is 20.1 Å². The van der Waals surface area contributed by atoms with Crippen molar-refractivity contribution in [1.29, 1.82) is 0 Å². The van der Waals surface area contributed by atoms with Gasteiger partial charge >= 0.3 is 0 Å². The van der Waals surface area contributed by atoms with Crippen LogP contribution in [0.5, 0.6) is 0 Å². The average Bonchev–Trinajstić information content (AvgIpc) is 2.89. The lowest BCUT2D eigenvalue weighted by molar-refractivity contribution is 0.122. The largest absolute Gasteiger partial charge is 0.381 e. The molecule has 2 N–H and O–H groups in total. The van der Waals surface area contributed by atoms with Crippen LogP contribution in [0.2, 0.25) is 0 Å². The van der Waals surface area contributed by atoms with E-state index < -0.39 is 0 Å². The minimum absolute atomic E-state index is 0.772. The van der Waals surface area contributed by atoms with Crippen LogP contribution in [0, 0.1) is 0 Å². The van der Waals surface area contributed by atoms with E-state index in [0.29, 0.717) is 0 Å². The summed E-state index contributed by atoms with van der Waals surface area (Å²) in [5.41, 5.74) is 5.85. The van der Waals surface area contributed by atoms with Crippen molar-refractivity contribution in [2.75, 3.05) is 52.6 Å². The van der Waals surface area contributed by atoms with Gasteiger partial charge in [0, 0.05) is 39.5 Å². The molecule has 0 unspecified atom stereocenters. The molecule has 0 fully saturated rings. The van der Waals surface area contributed by atoms with Crippen molar-refractivity contribution in [3.05, 3.63) is 0 Å². The molecule has 36 heavy (non-hydrogen) atoms. The van der Waals surface area contributed by atoms with E-state index in [0.717, 1.165) is 39.5 Å². The lowest BCUT2D eigenvalue weighted by atomic mass is 10.1. The summed E-state index contributed by atoms with van der Waals surface area (Å²) < 4.78 is 11.6. The van der Waals surface area contributed by atoms with E-state index in [1.165, 1.54) is 154 Å². The van der Waals surface area contributed by atoms with Gasteiger partial charge in [0.15, 0.2) is 0 Å². The molecular formula is C32H68N2O2. The maximum Gasteiger partial charge on any atom is 0.0466 e. The van der Waals surface area contributed by atoms with Gasteiger partial charge in [-0.3, -0.25) is 0 Å². The van der Waals surface area contributed by atoms with Gasteiger partial charge in [-0.15, -0.1) is 0 Å². The monoisotopic (exact) mass is 513 g/mol. The molecule has 0 aliphatic rings. The summed E-state index contributed by atoms with van der Waals surface area (Å²) in [4.78, 5) is 2.56. The van der Waals surface area contributed by atoms with E-state index in [1.807, 2.05) is 0 Å². The second kappa shape index (κ2) is 32.9. The van der Waals surface area contributed by atoms with Crippen molar-refractivity contribution in [1.82, 2.24) is 4.90 Å². The molecule has 0 bridgehead atoms. The zero-order valence-electron chi connectivity index (χ0n) is 25.1. The number of unbranched alkanes of at least 4 members (excludes halogenated alkanes) is 18. The zero-order valence-corrected chi connectivity index (χ0v) is 25.1. The fourth-order valence-electron chi connectivity index (χ4n) is 4.83. The van der Waals surface area contributed by atoms with Crippen LogP contribution in [0.25, 0.3) is 0 Å². The molecule has 0 aromatic carbocycles. The first-order valence-corrected chi connectivity index (χ1v) is 16.4. The Morgan fingerprint density at radius 2 is 0.694 bits per heavy atom. The summed E-state index contributed by atoms with van der Waals surface area (Å²) in [6, 6.07) is 0. The zero-order chi connectivity index (χ0) is 26.2. The van der Waals surface area contributed by atoms with E-state index in [-0.39, 0.29) is 0 Å². The molecule has 0 aromatic rings. The Bertz CT molecular complexity index is 349. The molecule has 218 valence electrons. The molecule has 0 saturated carbocycles. The maximum atomic E-state index is 5.87. The molecule has 0 rings (SSSR count). The molecule has 0 aliphatic heterocycles. The Morgan fingerprint density at radius 1 is 0.389 bits per heavy atom. The van der Waals surface area contributed by atoms with Crippen molar-refractivity contribution < 1.29 is 9.47 Å². The molecular weight excluding hydrogens is 444 g/mol. The van der Waals surface area contributed by atoms with Crippen LogP contribution in [-0.4, -0.2) is 57.5 Å². The number of ether oxygens (including phenoxy) is 2. The number of nitrogens with two attached hydrogens (primary N) is 1. The minimum Gasteiger partial charge on any atom is -0.381 e. The third-order valence-corrected chi connectivity index (χ3v) is 7.26. The molecule has 4 nitrogen and oxygen atoms in total. The van der Waals surface area contributed by atoms with Crippen molar-refractivity contribution in [2.45, 2.75) is 155 Å². The normalized spacial score (nSPS) is 11.7. The SMILES string of the molecule is CCCCCCCCCCCOCCCCN(CCN)CCCCCCCCOCCCCCCC. The molecule has 0 aromatic heterocycles. The maximum absolute atomic E-state index is 5.87. The number of rotatable bonds is 32. The molecule has 4 heteroatoms. The minimum atomic E-state index is 0.772. The summed E-state index contributed by atoms with van der Waals surface area (Å²) in [5, 5.41) is 0. The highest BCUT2D eigenvalue weighted by molar-refractivity contribution is 4.60. The molecule has 0 atom stereocenters. The lowest BCUT2D eigenvalue weighted by Gasteiger charge is -2.21.